The topological polar surface area (TPSA) is 66.5 Å². The first kappa shape index (κ1) is 18.2. The van der Waals surface area contributed by atoms with Crippen LogP contribution in [0.15, 0.2) is 18.2 Å². The van der Waals surface area contributed by atoms with Gasteiger partial charge in [0.1, 0.15) is 0 Å². The molecule has 3 rings (SSSR count). The molecule has 0 spiro atoms. The number of hydrogen-bond acceptors (Lipinski definition) is 3. The molecule has 1 aliphatic carbocycles. The summed E-state index contributed by atoms with van der Waals surface area (Å²) in [6, 6.07) is 5.23. The second-order valence-electron chi connectivity index (χ2n) is 7.50. The summed E-state index contributed by atoms with van der Waals surface area (Å²) in [5.74, 6) is 0.683. The van der Waals surface area contributed by atoms with Crippen molar-refractivity contribution in [1.82, 2.24) is 5.32 Å². The van der Waals surface area contributed by atoms with Crippen LogP contribution in [0.25, 0.3) is 0 Å². The molecule has 25 heavy (non-hydrogen) atoms. The molecule has 1 fully saturated rings. The van der Waals surface area contributed by atoms with Gasteiger partial charge in [0.2, 0.25) is 10.0 Å². The fraction of sp³-hybridized carbons (Fsp3) is 0.632. The van der Waals surface area contributed by atoms with Crippen molar-refractivity contribution in [1.29, 1.82) is 0 Å². The number of hydrogen-bond donors (Lipinski definition) is 1. The zero-order chi connectivity index (χ0) is 18.0. The fourth-order valence-corrected chi connectivity index (χ4v) is 5.48. The van der Waals surface area contributed by atoms with E-state index >= 15 is 0 Å². The van der Waals surface area contributed by atoms with E-state index in [4.69, 9.17) is 0 Å². The first-order valence-electron chi connectivity index (χ1n) is 9.27. The Bertz CT molecular complexity index is 739. The van der Waals surface area contributed by atoms with Crippen LogP contribution in [-0.2, 0) is 16.4 Å². The average Bonchev–Trinajstić information content (AvgIpc) is 2.90. The number of nitrogens with zero attached hydrogens (tertiary/aromatic N) is 1. The normalized spacial score (nSPS) is 21.2. The first-order valence-corrected chi connectivity index (χ1v) is 11.1. The molecule has 1 saturated carbocycles. The van der Waals surface area contributed by atoms with Crippen molar-refractivity contribution < 1.29 is 13.2 Å². The summed E-state index contributed by atoms with van der Waals surface area (Å²) in [4.78, 5) is 12.4. The van der Waals surface area contributed by atoms with Crippen molar-refractivity contribution in [3.8, 4) is 0 Å². The minimum atomic E-state index is -3.29. The maximum Gasteiger partial charge on any atom is 0.251 e. The van der Waals surface area contributed by atoms with Gasteiger partial charge in [-0.2, -0.15) is 0 Å². The summed E-state index contributed by atoms with van der Waals surface area (Å²) in [6.07, 6.45) is 9.48. The molecule has 138 valence electrons. The van der Waals surface area contributed by atoms with Crippen LogP contribution in [-0.4, -0.2) is 33.2 Å². The molecule has 1 heterocycles. The molecule has 0 radical (unpaired) electrons. The van der Waals surface area contributed by atoms with E-state index in [1.165, 1.54) is 42.7 Å². The van der Waals surface area contributed by atoms with E-state index in [-0.39, 0.29) is 11.9 Å². The van der Waals surface area contributed by atoms with E-state index in [0.717, 1.165) is 17.9 Å². The van der Waals surface area contributed by atoms with E-state index in [0.29, 0.717) is 24.2 Å². The number of anilines is 1. The predicted molar refractivity (Wildman–Crippen MR) is 100 cm³/mol. The Morgan fingerprint density at radius 3 is 2.64 bits per heavy atom. The Morgan fingerprint density at radius 1 is 1.24 bits per heavy atom. The Kier molecular flexibility index (Phi) is 5.37. The van der Waals surface area contributed by atoms with Crippen molar-refractivity contribution in [2.45, 2.75) is 57.9 Å². The highest BCUT2D eigenvalue weighted by atomic mass is 32.2. The number of amides is 1. The van der Waals surface area contributed by atoms with Crippen LogP contribution < -0.4 is 9.62 Å². The quantitative estimate of drug-likeness (QED) is 0.873. The highest BCUT2D eigenvalue weighted by Crippen LogP contribution is 2.34. The molecule has 0 unspecified atom stereocenters. The van der Waals surface area contributed by atoms with Gasteiger partial charge in [-0.3, -0.25) is 9.10 Å². The van der Waals surface area contributed by atoms with E-state index in [1.807, 2.05) is 13.0 Å². The largest absolute Gasteiger partial charge is 0.352 e. The van der Waals surface area contributed by atoms with Crippen molar-refractivity contribution in [2.75, 3.05) is 17.1 Å². The molecule has 1 aliphatic heterocycles. The van der Waals surface area contributed by atoms with Crippen LogP contribution in [0.3, 0.4) is 0 Å². The maximum absolute atomic E-state index is 12.4. The van der Waals surface area contributed by atoms with Gasteiger partial charge in [0, 0.05) is 18.2 Å². The summed E-state index contributed by atoms with van der Waals surface area (Å²) in [5, 5.41) is 3.02. The van der Waals surface area contributed by atoms with E-state index < -0.39 is 10.0 Å². The maximum atomic E-state index is 12.4. The lowest BCUT2D eigenvalue weighted by molar-refractivity contribution is 0.0950. The zero-order valence-electron chi connectivity index (χ0n) is 15.1. The third kappa shape index (κ3) is 4.17. The molecule has 0 saturated heterocycles. The van der Waals surface area contributed by atoms with Gasteiger partial charge < -0.3 is 5.32 Å². The first-order chi connectivity index (χ1) is 11.9. The summed E-state index contributed by atoms with van der Waals surface area (Å²) in [6.45, 7) is 2.61. The standard InChI is InChI=1S/C19H28N2O3S/c1-14-12-17-13-16(8-9-18(17)21(14)25(2,23)24)19(22)20-11-10-15-6-4-3-5-7-15/h8-9,13-15H,3-7,10-12H2,1-2H3,(H,20,22)/t14-/m1/s1. The Balaban J connectivity index is 1.62. The molecular formula is C19H28N2O3S. The van der Waals surface area contributed by atoms with Crippen LogP contribution in [0, 0.1) is 5.92 Å². The van der Waals surface area contributed by atoms with E-state index in [2.05, 4.69) is 5.32 Å². The Hall–Kier alpha value is -1.56. The second-order valence-corrected chi connectivity index (χ2v) is 9.36. The number of carbonyl (C=O) groups is 1. The van der Waals surface area contributed by atoms with Gasteiger partial charge >= 0.3 is 0 Å². The lowest BCUT2D eigenvalue weighted by Crippen LogP contribution is -2.34. The number of carbonyl (C=O) groups excluding carboxylic acids is 1. The van der Waals surface area contributed by atoms with Gasteiger partial charge in [-0.05, 0) is 49.4 Å². The molecule has 2 aliphatic rings. The van der Waals surface area contributed by atoms with E-state index in [1.54, 1.807) is 12.1 Å². The lowest BCUT2D eigenvalue weighted by atomic mass is 9.87. The minimum absolute atomic E-state index is 0.0657. The minimum Gasteiger partial charge on any atom is -0.352 e. The van der Waals surface area contributed by atoms with Crippen LogP contribution in [0.2, 0.25) is 0 Å². The third-order valence-corrected chi connectivity index (χ3v) is 6.69. The molecule has 6 heteroatoms. The highest BCUT2D eigenvalue weighted by molar-refractivity contribution is 7.92. The molecule has 1 N–H and O–H groups in total. The summed E-state index contributed by atoms with van der Waals surface area (Å²) < 4.78 is 25.4. The smallest absolute Gasteiger partial charge is 0.251 e. The molecule has 1 aromatic rings. The molecule has 0 bridgehead atoms. The van der Waals surface area contributed by atoms with Crippen molar-refractivity contribution in [2.24, 2.45) is 5.92 Å². The third-order valence-electron chi connectivity index (χ3n) is 5.41. The van der Waals surface area contributed by atoms with Gasteiger partial charge in [0.05, 0.1) is 11.9 Å². The summed E-state index contributed by atoms with van der Waals surface area (Å²) >= 11 is 0. The Labute approximate surface area is 150 Å². The average molecular weight is 365 g/mol. The van der Waals surface area contributed by atoms with Gasteiger partial charge in [-0.15, -0.1) is 0 Å². The monoisotopic (exact) mass is 364 g/mol. The van der Waals surface area contributed by atoms with Crippen LogP contribution in [0.4, 0.5) is 5.69 Å². The highest BCUT2D eigenvalue weighted by Gasteiger charge is 2.32. The summed E-state index contributed by atoms with van der Waals surface area (Å²) in [5.41, 5.74) is 2.25. The van der Waals surface area contributed by atoms with Crippen molar-refractivity contribution >= 4 is 21.6 Å². The Morgan fingerprint density at radius 2 is 1.96 bits per heavy atom. The van der Waals surface area contributed by atoms with Crippen LogP contribution in [0.1, 0.15) is 61.4 Å². The fourth-order valence-electron chi connectivity index (χ4n) is 4.22. The number of benzene rings is 1. The molecule has 0 aromatic heterocycles. The van der Waals surface area contributed by atoms with Crippen molar-refractivity contribution in [3.63, 3.8) is 0 Å². The zero-order valence-corrected chi connectivity index (χ0v) is 15.9. The molecular weight excluding hydrogens is 336 g/mol. The van der Waals surface area contributed by atoms with Crippen molar-refractivity contribution in [3.05, 3.63) is 29.3 Å². The van der Waals surface area contributed by atoms with Gasteiger partial charge in [-0.25, -0.2) is 8.42 Å². The molecule has 1 atom stereocenters. The SMILES string of the molecule is C[C@@H]1Cc2cc(C(=O)NCCC3CCCCC3)ccc2N1S(C)(=O)=O. The molecule has 5 nitrogen and oxygen atoms in total. The lowest BCUT2D eigenvalue weighted by Gasteiger charge is -2.22. The number of sulfonamides is 1. The molecule has 1 amide bonds. The van der Waals surface area contributed by atoms with Gasteiger partial charge in [0.25, 0.3) is 5.91 Å². The number of fused-ring (bicyclic) bond motifs is 1. The second kappa shape index (κ2) is 7.36. The van der Waals surface area contributed by atoms with Crippen LogP contribution >= 0.6 is 0 Å². The van der Waals surface area contributed by atoms with Crippen LogP contribution in [0.5, 0.6) is 0 Å². The number of nitrogens with one attached hydrogen (secondary N) is 1. The predicted octanol–water partition coefficient (Wildman–Crippen LogP) is 3.10. The summed E-state index contributed by atoms with van der Waals surface area (Å²) in [7, 11) is -3.29. The number of rotatable bonds is 5. The van der Waals surface area contributed by atoms with Gasteiger partial charge in [0.15, 0.2) is 0 Å². The molecule has 1 aromatic carbocycles. The van der Waals surface area contributed by atoms with Gasteiger partial charge in [-0.1, -0.05) is 32.1 Å². The van der Waals surface area contributed by atoms with E-state index in [9.17, 15) is 13.2 Å².